The molecule has 2 N–H and O–H groups in total. The molecule has 0 bridgehead atoms. The van der Waals surface area contributed by atoms with Crippen molar-refractivity contribution in [1.29, 1.82) is 0 Å². The zero-order valence-corrected chi connectivity index (χ0v) is 11.4. The molecule has 0 radical (unpaired) electrons. The van der Waals surface area contributed by atoms with E-state index in [2.05, 4.69) is 10.1 Å². The van der Waals surface area contributed by atoms with Crippen molar-refractivity contribution in [2.24, 2.45) is 5.73 Å². The van der Waals surface area contributed by atoms with E-state index >= 15 is 0 Å². The van der Waals surface area contributed by atoms with Crippen LogP contribution in [0.4, 0.5) is 0 Å². The Morgan fingerprint density at radius 1 is 1.16 bits per heavy atom. The molecule has 19 heavy (non-hydrogen) atoms. The number of aromatic nitrogens is 2. The molecule has 5 heteroatoms. The molecule has 1 aromatic rings. The van der Waals surface area contributed by atoms with Crippen molar-refractivity contribution in [3.05, 3.63) is 11.7 Å². The Bertz CT molecular complexity index is 407. The molecule has 1 atom stereocenters. The summed E-state index contributed by atoms with van der Waals surface area (Å²) in [6.07, 6.45) is 9.95. The fraction of sp³-hybridized carbons (Fsp3) is 0.857. The third-order valence-electron chi connectivity index (χ3n) is 4.34. The van der Waals surface area contributed by atoms with E-state index < -0.39 is 0 Å². The summed E-state index contributed by atoms with van der Waals surface area (Å²) >= 11 is 0. The van der Waals surface area contributed by atoms with Crippen molar-refractivity contribution in [2.75, 3.05) is 6.61 Å². The summed E-state index contributed by atoms with van der Waals surface area (Å²) in [5.41, 5.74) is 6.04. The van der Waals surface area contributed by atoms with Gasteiger partial charge < -0.3 is 15.0 Å². The Kier molecular flexibility index (Phi) is 3.84. The Hall–Kier alpha value is -0.940. The first kappa shape index (κ1) is 13.1. The number of hydrogen-bond acceptors (Lipinski definition) is 5. The molecule has 1 saturated carbocycles. The van der Waals surface area contributed by atoms with Crippen molar-refractivity contribution >= 4 is 0 Å². The molecule has 1 aliphatic heterocycles. The average Bonchev–Trinajstić information content (AvgIpc) is 2.90. The molecule has 0 amide bonds. The third-order valence-corrected chi connectivity index (χ3v) is 4.34. The largest absolute Gasteiger partial charge is 0.378 e. The zero-order chi connectivity index (χ0) is 13.1. The molecule has 1 aromatic heterocycles. The summed E-state index contributed by atoms with van der Waals surface area (Å²) in [5, 5.41) is 4.11. The zero-order valence-electron chi connectivity index (χ0n) is 11.4. The summed E-state index contributed by atoms with van der Waals surface area (Å²) in [6.45, 7) is 0.854. The van der Waals surface area contributed by atoms with Crippen LogP contribution in [0.2, 0.25) is 0 Å². The van der Waals surface area contributed by atoms with Crippen LogP contribution in [0.3, 0.4) is 0 Å². The first-order chi connectivity index (χ1) is 9.26. The molecule has 106 valence electrons. The van der Waals surface area contributed by atoms with Crippen LogP contribution < -0.4 is 5.73 Å². The standard InChI is InChI=1S/C14H23N3O2/c15-14(7-3-1-4-8-14)13-16-12(19-17-13)10-11-6-2-5-9-18-11/h11H,1-10,15H2. The maximum absolute atomic E-state index is 6.41. The van der Waals surface area contributed by atoms with Crippen molar-refractivity contribution < 1.29 is 9.26 Å². The van der Waals surface area contributed by atoms with E-state index in [-0.39, 0.29) is 11.6 Å². The second kappa shape index (κ2) is 5.59. The minimum Gasteiger partial charge on any atom is -0.378 e. The van der Waals surface area contributed by atoms with E-state index in [0.717, 1.165) is 51.6 Å². The molecule has 5 nitrogen and oxygen atoms in total. The van der Waals surface area contributed by atoms with Crippen molar-refractivity contribution in [3.8, 4) is 0 Å². The van der Waals surface area contributed by atoms with Gasteiger partial charge in [0.15, 0.2) is 5.82 Å². The lowest BCUT2D eigenvalue weighted by atomic mass is 9.82. The predicted molar refractivity (Wildman–Crippen MR) is 70.5 cm³/mol. The monoisotopic (exact) mass is 265 g/mol. The molecular formula is C14H23N3O2. The molecule has 2 aliphatic rings. The van der Waals surface area contributed by atoms with Gasteiger partial charge in [0, 0.05) is 6.61 Å². The maximum atomic E-state index is 6.41. The van der Waals surface area contributed by atoms with Crippen LogP contribution in [0.5, 0.6) is 0 Å². The van der Waals surface area contributed by atoms with Gasteiger partial charge in [-0.2, -0.15) is 4.98 Å². The van der Waals surface area contributed by atoms with Crippen LogP contribution in [0, 0.1) is 0 Å². The fourth-order valence-corrected chi connectivity index (χ4v) is 3.11. The minimum atomic E-state index is -0.368. The summed E-state index contributed by atoms with van der Waals surface area (Å²) in [5.74, 6) is 1.37. The fourth-order valence-electron chi connectivity index (χ4n) is 3.11. The normalized spacial score (nSPS) is 27.3. The summed E-state index contributed by atoms with van der Waals surface area (Å²) in [7, 11) is 0. The molecule has 1 aliphatic carbocycles. The van der Waals surface area contributed by atoms with Crippen molar-refractivity contribution in [2.45, 2.75) is 69.4 Å². The lowest BCUT2D eigenvalue weighted by Gasteiger charge is -2.29. The average molecular weight is 265 g/mol. The number of hydrogen-bond donors (Lipinski definition) is 1. The van der Waals surface area contributed by atoms with Gasteiger partial charge in [-0.3, -0.25) is 0 Å². The summed E-state index contributed by atoms with van der Waals surface area (Å²) in [6, 6.07) is 0. The van der Waals surface area contributed by atoms with Crippen LogP contribution in [-0.2, 0) is 16.7 Å². The maximum Gasteiger partial charge on any atom is 0.229 e. The number of nitrogens with zero attached hydrogens (tertiary/aromatic N) is 2. The Morgan fingerprint density at radius 2 is 2.00 bits per heavy atom. The first-order valence-corrected chi connectivity index (χ1v) is 7.50. The predicted octanol–water partition coefficient (Wildman–Crippen LogP) is 2.30. The van der Waals surface area contributed by atoms with E-state index in [0.29, 0.717) is 11.7 Å². The lowest BCUT2D eigenvalue weighted by Crippen LogP contribution is -2.39. The molecular weight excluding hydrogens is 242 g/mol. The van der Waals surface area contributed by atoms with Crippen LogP contribution in [0.1, 0.15) is 63.1 Å². The SMILES string of the molecule is NC1(c2noc(CC3CCCCO3)n2)CCCCC1. The van der Waals surface area contributed by atoms with Gasteiger partial charge >= 0.3 is 0 Å². The summed E-state index contributed by atoms with van der Waals surface area (Å²) < 4.78 is 11.1. The highest BCUT2D eigenvalue weighted by Crippen LogP contribution is 2.33. The van der Waals surface area contributed by atoms with Crippen LogP contribution in [-0.4, -0.2) is 22.9 Å². The van der Waals surface area contributed by atoms with Gasteiger partial charge in [0.1, 0.15) is 0 Å². The lowest BCUT2D eigenvalue weighted by molar-refractivity contribution is 0.0124. The number of nitrogens with two attached hydrogens (primary N) is 1. The van der Waals surface area contributed by atoms with E-state index in [1.54, 1.807) is 0 Å². The molecule has 0 aromatic carbocycles. The highest BCUT2D eigenvalue weighted by Gasteiger charge is 2.34. The van der Waals surface area contributed by atoms with E-state index in [9.17, 15) is 0 Å². The van der Waals surface area contributed by atoms with Gasteiger partial charge in [-0.1, -0.05) is 24.4 Å². The highest BCUT2D eigenvalue weighted by atomic mass is 16.5. The molecule has 3 rings (SSSR count). The molecule has 0 spiro atoms. The van der Waals surface area contributed by atoms with Gasteiger partial charge in [0.25, 0.3) is 0 Å². The Balaban J connectivity index is 1.65. The molecule has 1 unspecified atom stereocenters. The first-order valence-electron chi connectivity index (χ1n) is 7.50. The van der Waals surface area contributed by atoms with Crippen LogP contribution >= 0.6 is 0 Å². The Morgan fingerprint density at radius 3 is 2.74 bits per heavy atom. The van der Waals surface area contributed by atoms with Gasteiger partial charge in [0.2, 0.25) is 5.89 Å². The second-order valence-corrected chi connectivity index (χ2v) is 5.92. The topological polar surface area (TPSA) is 74.2 Å². The van der Waals surface area contributed by atoms with Crippen LogP contribution in [0.15, 0.2) is 4.52 Å². The highest BCUT2D eigenvalue weighted by molar-refractivity contribution is 5.05. The quantitative estimate of drug-likeness (QED) is 0.907. The second-order valence-electron chi connectivity index (χ2n) is 5.92. The van der Waals surface area contributed by atoms with E-state index in [4.69, 9.17) is 15.0 Å². The molecule has 2 fully saturated rings. The van der Waals surface area contributed by atoms with Gasteiger partial charge in [-0.15, -0.1) is 0 Å². The van der Waals surface area contributed by atoms with Gasteiger partial charge in [0.05, 0.1) is 18.1 Å². The van der Waals surface area contributed by atoms with E-state index in [1.807, 2.05) is 0 Å². The minimum absolute atomic E-state index is 0.238. The van der Waals surface area contributed by atoms with Crippen molar-refractivity contribution in [1.82, 2.24) is 10.1 Å². The smallest absolute Gasteiger partial charge is 0.229 e. The van der Waals surface area contributed by atoms with E-state index in [1.165, 1.54) is 12.8 Å². The Labute approximate surface area is 113 Å². The van der Waals surface area contributed by atoms with Crippen LogP contribution in [0.25, 0.3) is 0 Å². The summed E-state index contributed by atoms with van der Waals surface area (Å²) in [4.78, 5) is 4.52. The molecule has 2 heterocycles. The third kappa shape index (κ3) is 2.98. The number of rotatable bonds is 3. The van der Waals surface area contributed by atoms with Gasteiger partial charge in [-0.25, -0.2) is 0 Å². The van der Waals surface area contributed by atoms with Gasteiger partial charge in [-0.05, 0) is 32.1 Å². The van der Waals surface area contributed by atoms with Crippen molar-refractivity contribution in [3.63, 3.8) is 0 Å². The molecule has 1 saturated heterocycles. The number of ether oxygens (including phenoxy) is 1.